The highest BCUT2D eigenvalue weighted by atomic mass is 32.1. The summed E-state index contributed by atoms with van der Waals surface area (Å²) in [7, 11) is 0. The van der Waals surface area contributed by atoms with E-state index in [4.69, 9.17) is 9.40 Å². The van der Waals surface area contributed by atoms with Crippen molar-refractivity contribution in [3.8, 4) is 32.8 Å². The van der Waals surface area contributed by atoms with Gasteiger partial charge in [0.05, 0.1) is 10.4 Å². The van der Waals surface area contributed by atoms with E-state index in [1.165, 1.54) is 36.9 Å². The maximum Gasteiger partial charge on any atom is 0.139 e. The third kappa shape index (κ3) is 5.05. The Labute approximate surface area is 319 Å². The molecule has 0 spiro atoms. The molecule has 0 aliphatic rings. The van der Waals surface area contributed by atoms with E-state index in [2.05, 4.69) is 181 Å². The van der Waals surface area contributed by atoms with Gasteiger partial charge >= 0.3 is 0 Å². The summed E-state index contributed by atoms with van der Waals surface area (Å²) < 4.78 is 10.4. The normalized spacial score (nSPS) is 11.7. The summed E-state index contributed by atoms with van der Waals surface area (Å²) in [5, 5.41) is 5.80. The topological polar surface area (TPSA) is 29.3 Å². The zero-order valence-corrected chi connectivity index (χ0v) is 30.6. The van der Waals surface area contributed by atoms with Gasteiger partial charge in [-0.05, 0) is 58.7 Å². The number of aromatic nitrogens is 1. The van der Waals surface area contributed by atoms with E-state index in [0.717, 1.165) is 65.4 Å². The molecule has 11 aromatic rings. The average Bonchev–Trinajstić information content (AvgIpc) is 3.96. The Morgan fingerprint density at radius 3 is 1.96 bits per heavy atom. The van der Waals surface area contributed by atoms with E-state index in [-0.39, 0.29) is 0 Å². The maximum atomic E-state index is 6.63. The highest BCUT2D eigenvalue weighted by Gasteiger charge is 2.24. The fraction of sp³-hybridized carbons (Fsp3) is 0. The first-order valence-electron chi connectivity index (χ1n) is 18.0. The zero-order valence-electron chi connectivity index (χ0n) is 28.9. The Hall–Kier alpha value is -6.53. The van der Waals surface area contributed by atoms with E-state index in [1.54, 1.807) is 11.3 Å². The first-order chi connectivity index (χ1) is 26.8. The van der Waals surface area contributed by atoms with Gasteiger partial charge in [0.1, 0.15) is 21.7 Å². The minimum atomic E-state index is 0.847. The van der Waals surface area contributed by atoms with Crippen LogP contribution in [-0.4, -0.2) is 4.98 Å². The number of thiophene rings is 1. The second-order valence-electron chi connectivity index (χ2n) is 13.5. The lowest BCUT2D eigenvalue weighted by atomic mass is 10.0. The van der Waals surface area contributed by atoms with Crippen molar-refractivity contribution in [2.45, 2.75) is 0 Å². The van der Waals surface area contributed by atoms with Crippen molar-refractivity contribution < 1.29 is 4.42 Å². The minimum Gasteiger partial charge on any atom is -0.456 e. The first kappa shape index (κ1) is 31.0. The molecular weight excluding hydrogens is 697 g/mol. The first-order valence-corrected chi connectivity index (χ1v) is 19.7. The zero-order chi connectivity index (χ0) is 35.6. The fourth-order valence-corrected chi connectivity index (χ4v) is 10.2. The summed E-state index contributed by atoms with van der Waals surface area (Å²) in [5.74, 6) is 0. The van der Waals surface area contributed by atoms with Crippen molar-refractivity contribution in [3.63, 3.8) is 0 Å². The Bertz CT molecular complexity index is 3160. The van der Waals surface area contributed by atoms with Gasteiger partial charge in [-0.25, -0.2) is 4.98 Å². The van der Waals surface area contributed by atoms with Crippen LogP contribution in [-0.2, 0) is 0 Å². The molecule has 0 N–H and O–H groups in total. The number of furan rings is 1. The molecule has 8 aromatic carbocycles. The van der Waals surface area contributed by atoms with E-state index < -0.39 is 0 Å². The molecule has 0 aliphatic heterocycles. The Morgan fingerprint density at radius 1 is 0.444 bits per heavy atom. The SMILES string of the molecule is c1ccc(-c2cccc(N(c3ccc(-c4cccc5c4sc4ccccc45)cc3)c3cc4oc5ccccc5c4c4sc(-c5ccccc5)nc34)c2)cc1. The molecule has 0 amide bonds. The molecule has 54 heavy (non-hydrogen) atoms. The molecule has 3 heterocycles. The molecule has 0 bridgehead atoms. The molecule has 11 rings (SSSR count). The summed E-state index contributed by atoms with van der Waals surface area (Å²) in [4.78, 5) is 7.78. The van der Waals surface area contributed by atoms with Crippen molar-refractivity contribution in [1.82, 2.24) is 4.98 Å². The van der Waals surface area contributed by atoms with Gasteiger partial charge in [-0.15, -0.1) is 22.7 Å². The molecule has 0 radical (unpaired) electrons. The summed E-state index contributed by atoms with van der Waals surface area (Å²) in [5.41, 5.74) is 11.6. The molecule has 0 unspecified atom stereocenters. The van der Waals surface area contributed by atoms with Crippen LogP contribution in [0.15, 0.2) is 186 Å². The molecule has 0 saturated carbocycles. The van der Waals surface area contributed by atoms with Crippen LogP contribution in [0.2, 0.25) is 0 Å². The van der Waals surface area contributed by atoms with Crippen LogP contribution in [0.25, 0.3) is 85.2 Å². The number of fused-ring (bicyclic) bond motifs is 8. The van der Waals surface area contributed by atoms with Crippen molar-refractivity contribution in [2.24, 2.45) is 0 Å². The number of para-hydroxylation sites is 1. The molecule has 254 valence electrons. The second kappa shape index (κ2) is 12.6. The number of thiazole rings is 1. The van der Waals surface area contributed by atoms with Gasteiger partial charge in [-0.3, -0.25) is 0 Å². The molecular formula is C49H30N2OS2. The van der Waals surface area contributed by atoms with Gasteiger partial charge in [0.15, 0.2) is 0 Å². The van der Waals surface area contributed by atoms with Crippen molar-refractivity contribution in [1.29, 1.82) is 0 Å². The summed E-state index contributed by atoms with van der Waals surface area (Å²) in [6.45, 7) is 0. The molecule has 5 heteroatoms. The van der Waals surface area contributed by atoms with Crippen molar-refractivity contribution >= 4 is 92.1 Å². The molecule has 3 nitrogen and oxygen atoms in total. The fourth-order valence-electron chi connectivity index (χ4n) is 7.78. The predicted octanol–water partition coefficient (Wildman–Crippen LogP) is 15.0. The second-order valence-corrected chi connectivity index (χ2v) is 15.6. The van der Waals surface area contributed by atoms with Gasteiger partial charge in [0, 0.05) is 53.9 Å². The lowest BCUT2D eigenvalue weighted by Gasteiger charge is -2.26. The number of benzene rings is 8. The van der Waals surface area contributed by atoms with Crippen molar-refractivity contribution in [3.05, 3.63) is 182 Å². The van der Waals surface area contributed by atoms with Crippen LogP contribution in [0.5, 0.6) is 0 Å². The predicted molar refractivity (Wildman–Crippen MR) is 231 cm³/mol. The molecule has 0 atom stereocenters. The standard InChI is InChI=1S/C49H30N2OS2/c1-3-13-31(14-4-1)34-17-11-18-36(29-34)51(35-27-25-32(26-28-35)37-21-12-22-39-38-19-8-10-24-44(38)53-47(37)39)41-30-43-45(40-20-7-9-23-42(40)52-43)48-46(41)50-49(54-48)33-15-5-2-6-16-33/h1-30H. The number of nitrogens with zero attached hydrogens (tertiary/aromatic N) is 2. The lowest BCUT2D eigenvalue weighted by molar-refractivity contribution is 0.669. The lowest BCUT2D eigenvalue weighted by Crippen LogP contribution is -2.10. The van der Waals surface area contributed by atoms with E-state index >= 15 is 0 Å². The average molecular weight is 727 g/mol. The number of hydrogen-bond donors (Lipinski definition) is 0. The van der Waals surface area contributed by atoms with Crippen LogP contribution in [0, 0.1) is 0 Å². The summed E-state index contributed by atoms with van der Waals surface area (Å²) in [6.07, 6.45) is 0. The van der Waals surface area contributed by atoms with Crippen molar-refractivity contribution in [2.75, 3.05) is 4.90 Å². The maximum absolute atomic E-state index is 6.63. The number of hydrogen-bond acceptors (Lipinski definition) is 5. The molecule has 0 aliphatic carbocycles. The molecule has 0 saturated heterocycles. The Kier molecular flexibility index (Phi) is 7.22. The summed E-state index contributed by atoms with van der Waals surface area (Å²) >= 11 is 3.59. The van der Waals surface area contributed by atoms with Crippen LogP contribution >= 0.6 is 22.7 Å². The quantitative estimate of drug-likeness (QED) is 0.171. The third-order valence-corrected chi connectivity index (χ3v) is 12.6. The van der Waals surface area contributed by atoms with Gasteiger partial charge in [0.2, 0.25) is 0 Å². The smallest absolute Gasteiger partial charge is 0.139 e. The van der Waals surface area contributed by atoms with Gasteiger partial charge in [-0.1, -0.05) is 140 Å². The van der Waals surface area contributed by atoms with Gasteiger partial charge in [0.25, 0.3) is 0 Å². The number of anilines is 3. The highest BCUT2D eigenvalue weighted by molar-refractivity contribution is 7.26. The van der Waals surface area contributed by atoms with E-state index in [0.29, 0.717) is 0 Å². The monoisotopic (exact) mass is 726 g/mol. The minimum absolute atomic E-state index is 0.847. The van der Waals surface area contributed by atoms with Crippen LogP contribution in [0.3, 0.4) is 0 Å². The third-order valence-electron chi connectivity index (χ3n) is 10.3. The molecule has 3 aromatic heterocycles. The van der Waals surface area contributed by atoms with Gasteiger partial charge in [-0.2, -0.15) is 0 Å². The van der Waals surface area contributed by atoms with Crippen LogP contribution < -0.4 is 4.90 Å². The van der Waals surface area contributed by atoms with Gasteiger partial charge < -0.3 is 9.32 Å². The molecule has 0 fully saturated rings. The highest BCUT2D eigenvalue weighted by Crippen LogP contribution is 2.48. The Balaban J connectivity index is 1.15. The number of rotatable bonds is 6. The Morgan fingerprint density at radius 2 is 1.13 bits per heavy atom. The van der Waals surface area contributed by atoms with E-state index in [1.807, 2.05) is 17.4 Å². The van der Waals surface area contributed by atoms with Crippen LogP contribution in [0.1, 0.15) is 0 Å². The van der Waals surface area contributed by atoms with E-state index in [9.17, 15) is 0 Å². The largest absolute Gasteiger partial charge is 0.456 e. The van der Waals surface area contributed by atoms with Crippen LogP contribution in [0.4, 0.5) is 17.1 Å². The summed E-state index contributed by atoms with van der Waals surface area (Å²) in [6, 6.07) is 64.7.